The molecule has 0 radical (unpaired) electrons. The number of hydrogen-bond donors (Lipinski definition) is 4. The summed E-state index contributed by atoms with van der Waals surface area (Å²) in [6.45, 7) is 0.541. The number of hydrogen-bond acceptors (Lipinski definition) is 7. The van der Waals surface area contributed by atoms with Crippen LogP contribution in [0.3, 0.4) is 0 Å². The largest absolute Gasteiger partial charge is 0.397 e. The molecular formula is C21H23N3O5S. The standard InChI is InChI=1S/C21H23N3O5S/c22-10-11-4-3-5-12(8-11)24-15-9-16(30(27,28)29)19(23)18-17(15)20(25)13-6-1-2-7-14(13)21(18)26/h1-2,6-7,9,11-12,24H,3-5,8,10,22-23H2,(H,27,28,29). The van der Waals surface area contributed by atoms with Crippen molar-refractivity contribution in [3.8, 4) is 0 Å². The molecule has 0 spiro atoms. The second-order valence-electron chi connectivity index (χ2n) is 7.87. The fourth-order valence-electron chi connectivity index (χ4n) is 4.48. The van der Waals surface area contributed by atoms with Crippen molar-refractivity contribution < 1.29 is 22.6 Å². The molecule has 2 aromatic carbocycles. The highest BCUT2D eigenvalue weighted by atomic mass is 32.2. The van der Waals surface area contributed by atoms with Crippen LogP contribution in [-0.4, -0.2) is 37.1 Å². The highest BCUT2D eigenvalue weighted by Gasteiger charge is 2.37. The van der Waals surface area contributed by atoms with Crippen LogP contribution >= 0.6 is 0 Å². The third-order valence-corrected chi connectivity index (χ3v) is 6.85. The SMILES string of the molecule is NCC1CCCC(Nc2cc(S(=O)(=O)O)c(N)c3c2C(=O)c2ccccc2C3=O)C1. The van der Waals surface area contributed by atoms with E-state index >= 15 is 0 Å². The number of anilines is 2. The van der Waals surface area contributed by atoms with Gasteiger partial charge in [-0.15, -0.1) is 0 Å². The summed E-state index contributed by atoms with van der Waals surface area (Å²) in [5.41, 5.74) is 11.8. The topological polar surface area (TPSA) is 153 Å². The molecule has 1 fully saturated rings. The molecule has 158 valence electrons. The summed E-state index contributed by atoms with van der Waals surface area (Å²) >= 11 is 0. The maximum absolute atomic E-state index is 13.3. The molecule has 8 nitrogen and oxygen atoms in total. The van der Waals surface area contributed by atoms with E-state index in [4.69, 9.17) is 11.5 Å². The molecule has 2 aromatic rings. The van der Waals surface area contributed by atoms with Crippen molar-refractivity contribution in [1.82, 2.24) is 0 Å². The Bertz CT molecular complexity index is 1160. The molecule has 0 heterocycles. The molecular weight excluding hydrogens is 406 g/mol. The minimum Gasteiger partial charge on any atom is -0.397 e. The molecule has 0 aliphatic heterocycles. The molecule has 2 aliphatic rings. The average Bonchev–Trinajstić information content (AvgIpc) is 2.72. The van der Waals surface area contributed by atoms with Crippen LogP contribution in [0.25, 0.3) is 0 Å². The van der Waals surface area contributed by atoms with Gasteiger partial charge in [-0.1, -0.05) is 30.7 Å². The average molecular weight is 429 g/mol. The lowest BCUT2D eigenvalue weighted by Gasteiger charge is -2.31. The van der Waals surface area contributed by atoms with Gasteiger partial charge in [-0.2, -0.15) is 8.42 Å². The Labute approximate surface area is 174 Å². The number of nitrogens with two attached hydrogens (primary N) is 2. The predicted octanol–water partition coefficient (Wildman–Crippen LogP) is 2.22. The van der Waals surface area contributed by atoms with Gasteiger partial charge in [0, 0.05) is 22.9 Å². The van der Waals surface area contributed by atoms with E-state index in [2.05, 4.69) is 5.32 Å². The van der Waals surface area contributed by atoms with E-state index in [-0.39, 0.29) is 34.0 Å². The van der Waals surface area contributed by atoms with Crippen molar-refractivity contribution in [2.75, 3.05) is 17.6 Å². The molecule has 2 atom stereocenters. The van der Waals surface area contributed by atoms with Gasteiger partial charge in [0.25, 0.3) is 10.1 Å². The van der Waals surface area contributed by atoms with Crippen LogP contribution < -0.4 is 16.8 Å². The van der Waals surface area contributed by atoms with Gasteiger partial charge in [0.05, 0.1) is 16.8 Å². The van der Waals surface area contributed by atoms with Crippen LogP contribution in [0, 0.1) is 5.92 Å². The lowest BCUT2D eigenvalue weighted by atomic mass is 9.81. The van der Waals surface area contributed by atoms with E-state index in [1.165, 1.54) is 6.07 Å². The van der Waals surface area contributed by atoms with Crippen LogP contribution in [0.4, 0.5) is 11.4 Å². The van der Waals surface area contributed by atoms with Gasteiger partial charge >= 0.3 is 0 Å². The number of ketones is 2. The third-order valence-electron chi connectivity index (χ3n) is 5.95. The van der Waals surface area contributed by atoms with Crippen LogP contribution in [0.5, 0.6) is 0 Å². The summed E-state index contributed by atoms with van der Waals surface area (Å²) in [6, 6.07) is 7.43. The zero-order valence-electron chi connectivity index (χ0n) is 16.2. The van der Waals surface area contributed by atoms with Gasteiger partial charge in [-0.3, -0.25) is 14.1 Å². The molecule has 2 aliphatic carbocycles. The Hall–Kier alpha value is -2.75. The van der Waals surface area contributed by atoms with Crippen LogP contribution in [0.15, 0.2) is 35.2 Å². The van der Waals surface area contributed by atoms with E-state index in [0.29, 0.717) is 12.5 Å². The minimum absolute atomic E-state index is 0.0403. The van der Waals surface area contributed by atoms with Crippen molar-refractivity contribution in [2.24, 2.45) is 11.7 Å². The first-order chi connectivity index (χ1) is 14.2. The summed E-state index contributed by atoms with van der Waals surface area (Å²) < 4.78 is 33.6. The molecule has 9 heteroatoms. The van der Waals surface area contributed by atoms with Gasteiger partial charge in [0.1, 0.15) is 4.90 Å². The summed E-state index contributed by atoms with van der Waals surface area (Å²) in [6.07, 6.45) is 3.53. The normalized spacial score (nSPS) is 21.1. The monoisotopic (exact) mass is 429 g/mol. The third kappa shape index (κ3) is 3.38. The van der Waals surface area contributed by atoms with E-state index in [9.17, 15) is 22.6 Å². The van der Waals surface area contributed by atoms with Crippen LogP contribution in [-0.2, 0) is 10.1 Å². The number of fused-ring (bicyclic) bond motifs is 2. The highest BCUT2D eigenvalue weighted by molar-refractivity contribution is 7.86. The number of rotatable bonds is 4. The first kappa shape index (κ1) is 20.5. The second kappa shape index (κ2) is 7.50. The van der Waals surface area contributed by atoms with Gasteiger partial charge in [-0.05, 0) is 37.8 Å². The first-order valence-electron chi connectivity index (χ1n) is 9.81. The van der Waals surface area contributed by atoms with Crippen molar-refractivity contribution in [2.45, 2.75) is 36.6 Å². The highest BCUT2D eigenvalue weighted by Crippen LogP contribution is 2.40. The zero-order chi connectivity index (χ0) is 21.6. The molecule has 30 heavy (non-hydrogen) atoms. The van der Waals surface area contributed by atoms with E-state index < -0.39 is 32.3 Å². The Morgan fingerprint density at radius 3 is 2.30 bits per heavy atom. The molecule has 0 aromatic heterocycles. The number of carbonyl (C=O) groups excluding carboxylic acids is 2. The Balaban J connectivity index is 1.90. The zero-order valence-corrected chi connectivity index (χ0v) is 17.0. The Morgan fingerprint density at radius 1 is 1.07 bits per heavy atom. The van der Waals surface area contributed by atoms with E-state index in [0.717, 1.165) is 31.7 Å². The molecule has 2 unspecified atom stereocenters. The quantitative estimate of drug-likeness (QED) is 0.364. The second-order valence-corrected chi connectivity index (χ2v) is 9.26. The lowest BCUT2D eigenvalue weighted by molar-refractivity contribution is 0.0980. The predicted molar refractivity (Wildman–Crippen MR) is 112 cm³/mol. The van der Waals surface area contributed by atoms with Crippen LogP contribution in [0.1, 0.15) is 57.5 Å². The molecule has 4 rings (SSSR count). The van der Waals surface area contributed by atoms with Gasteiger partial charge < -0.3 is 16.8 Å². The molecule has 1 saturated carbocycles. The number of carbonyl (C=O) groups is 2. The fraction of sp³-hybridized carbons (Fsp3) is 0.333. The summed E-state index contributed by atoms with van der Waals surface area (Å²) in [5.74, 6) is -0.642. The Kier molecular flexibility index (Phi) is 5.13. The van der Waals surface area contributed by atoms with Crippen molar-refractivity contribution >= 4 is 33.1 Å². The van der Waals surface area contributed by atoms with Crippen molar-refractivity contribution in [1.29, 1.82) is 0 Å². The molecule has 6 N–H and O–H groups in total. The van der Waals surface area contributed by atoms with Gasteiger partial charge in [-0.25, -0.2) is 0 Å². The summed E-state index contributed by atoms with van der Waals surface area (Å²) in [7, 11) is -4.71. The van der Waals surface area contributed by atoms with E-state index in [1.807, 2.05) is 0 Å². The van der Waals surface area contributed by atoms with E-state index in [1.54, 1.807) is 18.2 Å². The fourth-order valence-corrected chi connectivity index (χ4v) is 5.12. The summed E-state index contributed by atoms with van der Waals surface area (Å²) in [5, 5.41) is 3.24. The number of nitrogen functional groups attached to an aromatic ring is 1. The van der Waals surface area contributed by atoms with Crippen molar-refractivity contribution in [3.63, 3.8) is 0 Å². The maximum atomic E-state index is 13.3. The number of benzene rings is 2. The lowest BCUT2D eigenvalue weighted by Crippen LogP contribution is -2.32. The molecule has 0 amide bonds. The maximum Gasteiger partial charge on any atom is 0.296 e. The molecule has 0 saturated heterocycles. The van der Waals surface area contributed by atoms with Gasteiger partial charge in [0.2, 0.25) is 0 Å². The Morgan fingerprint density at radius 2 is 1.70 bits per heavy atom. The first-order valence-corrected chi connectivity index (χ1v) is 11.2. The minimum atomic E-state index is -4.71. The number of nitrogens with one attached hydrogen (secondary N) is 1. The van der Waals surface area contributed by atoms with Gasteiger partial charge in [0.15, 0.2) is 11.6 Å². The molecule has 0 bridgehead atoms. The smallest absolute Gasteiger partial charge is 0.296 e. The van der Waals surface area contributed by atoms with Crippen LogP contribution in [0.2, 0.25) is 0 Å². The van der Waals surface area contributed by atoms with Crippen molar-refractivity contribution in [3.05, 3.63) is 52.6 Å². The summed E-state index contributed by atoms with van der Waals surface area (Å²) in [4.78, 5) is 25.8.